The number of hydrogen-bond acceptors (Lipinski definition) is 13. The topological polar surface area (TPSA) is 213 Å². The molecule has 0 spiro atoms. The van der Waals surface area contributed by atoms with Crippen LogP contribution in [-0.4, -0.2) is 80.5 Å². The van der Waals surface area contributed by atoms with Gasteiger partial charge in [-0.25, -0.2) is 0 Å². The van der Waals surface area contributed by atoms with Crippen molar-refractivity contribution in [3.8, 4) is 23.0 Å². The Hall–Kier alpha value is -5.41. The number of anilines is 1. The van der Waals surface area contributed by atoms with E-state index >= 15 is 0 Å². The molecule has 1 amide bonds. The lowest BCUT2D eigenvalue weighted by Gasteiger charge is -2.38. The van der Waals surface area contributed by atoms with Crippen molar-refractivity contribution in [3.63, 3.8) is 0 Å². The van der Waals surface area contributed by atoms with Gasteiger partial charge in [-0.3, -0.25) is 14.4 Å². The van der Waals surface area contributed by atoms with Gasteiger partial charge in [0, 0.05) is 79.8 Å². The van der Waals surface area contributed by atoms with E-state index in [1.54, 1.807) is 39.8 Å². The van der Waals surface area contributed by atoms with Gasteiger partial charge in [-0.15, -0.1) is 0 Å². The van der Waals surface area contributed by atoms with Gasteiger partial charge < -0.3 is 55.1 Å². The number of carbonyl (C=O) groups is 3. The summed E-state index contributed by atoms with van der Waals surface area (Å²) in [6.45, 7) is 12.8. The number of methoxy groups -OCH3 is 1. The van der Waals surface area contributed by atoms with Gasteiger partial charge in [0.2, 0.25) is 0 Å². The van der Waals surface area contributed by atoms with Gasteiger partial charge in [0.15, 0.2) is 5.75 Å². The third kappa shape index (κ3) is 8.96. The minimum absolute atomic E-state index is 0.0301. The molecule has 3 aromatic rings. The molecule has 6 rings (SSSR count). The van der Waals surface area contributed by atoms with Crippen LogP contribution < -0.4 is 15.4 Å². The monoisotopic (exact) mass is 816 g/mol. The Morgan fingerprint density at radius 3 is 2.22 bits per heavy atom. The highest BCUT2D eigenvalue weighted by molar-refractivity contribution is 6.22. The summed E-state index contributed by atoms with van der Waals surface area (Å²) in [5, 5.41) is 63.8. The maximum Gasteiger partial charge on any atom is 0.312 e. The lowest BCUT2D eigenvalue weighted by Crippen LogP contribution is -2.46. The Labute approximate surface area is 344 Å². The number of aliphatic hydroxyl groups is 2. The Bertz CT molecular complexity index is 2170. The maximum absolute atomic E-state index is 14.4. The number of aromatic hydroxyl groups is 3. The van der Waals surface area contributed by atoms with E-state index in [2.05, 4.69) is 10.6 Å². The fourth-order valence-electron chi connectivity index (χ4n) is 7.89. The highest BCUT2D eigenvalue weighted by Gasteiger charge is 2.50. The first-order valence-electron chi connectivity index (χ1n) is 19.7. The second kappa shape index (κ2) is 18.2. The predicted octanol–water partition coefficient (Wildman–Crippen LogP) is 6.04. The van der Waals surface area contributed by atoms with Crippen molar-refractivity contribution in [1.29, 1.82) is 0 Å². The Morgan fingerprint density at radius 2 is 1.58 bits per heavy atom. The number of carbonyl (C=O) groups excluding carboxylic acids is 3. The molecule has 318 valence electrons. The zero-order valence-electron chi connectivity index (χ0n) is 34.9. The van der Waals surface area contributed by atoms with Gasteiger partial charge in [0.25, 0.3) is 11.7 Å². The molecule has 0 radical (unpaired) electrons. The number of phenolic OH excluding ortho intramolecular Hbond substituents is 3. The molecule has 0 aromatic heterocycles. The van der Waals surface area contributed by atoms with Crippen LogP contribution in [0.1, 0.15) is 75.5 Å². The fraction of sp³-hybridized carbons (Fsp3) is 0.444. The first-order chi connectivity index (χ1) is 27.8. The van der Waals surface area contributed by atoms with Crippen molar-refractivity contribution in [2.45, 2.75) is 98.7 Å². The van der Waals surface area contributed by atoms with E-state index in [1.165, 1.54) is 53.2 Å². The summed E-state index contributed by atoms with van der Waals surface area (Å²) in [5.41, 5.74) is 0.853. The Morgan fingerprint density at radius 1 is 0.898 bits per heavy atom. The van der Waals surface area contributed by atoms with E-state index in [-0.39, 0.29) is 51.0 Å². The first kappa shape index (κ1) is 44.7. The summed E-state index contributed by atoms with van der Waals surface area (Å²) in [5.74, 6) is -8.14. The van der Waals surface area contributed by atoms with E-state index in [0.29, 0.717) is 6.54 Å². The normalized spacial score (nSPS) is 27.9. The van der Waals surface area contributed by atoms with E-state index in [9.17, 15) is 39.9 Å². The molecule has 0 fully saturated rings. The number of phenols is 3. The van der Waals surface area contributed by atoms with Crippen molar-refractivity contribution in [2.24, 2.45) is 23.7 Å². The van der Waals surface area contributed by atoms with Crippen molar-refractivity contribution < 1.29 is 58.9 Å². The largest absolute Gasteiger partial charge is 0.507 e. The lowest BCUT2D eigenvalue weighted by atomic mass is 9.78. The van der Waals surface area contributed by atoms with Gasteiger partial charge >= 0.3 is 11.8 Å². The molecule has 7 N–H and O–H groups in total. The number of ketones is 1. The summed E-state index contributed by atoms with van der Waals surface area (Å²) in [6, 6.07) is 9.42. The van der Waals surface area contributed by atoms with E-state index in [1.807, 2.05) is 30.3 Å². The number of nitrogens with one attached hydrogen (secondary N) is 2. The molecule has 14 heteroatoms. The van der Waals surface area contributed by atoms with Crippen LogP contribution in [0.25, 0.3) is 10.8 Å². The maximum atomic E-state index is 14.4. The number of rotatable bonds is 6. The van der Waals surface area contributed by atoms with Crippen LogP contribution >= 0.6 is 0 Å². The average molecular weight is 817 g/mol. The molecule has 3 heterocycles. The lowest BCUT2D eigenvalue weighted by molar-refractivity contribution is -0.160. The molecule has 3 aliphatic rings. The van der Waals surface area contributed by atoms with Gasteiger partial charge in [-0.2, -0.15) is 0 Å². The quantitative estimate of drug-likeness (QED) is 0.0860. The number of amides is 1. The van der Waals surface area contributed by atoms with Crippen LogP contribution in [0.4, 0.5) is 5.69 Å². The SMILES string of the molecule is CO[C@@H]1C=CO[C@@]2(C)Oc3c(C)c(O)c4c(O)c(c(CNCc5ccccc5)c(O)c4c3C2=O)NC(=O)C(C)=CC=C[C@H](C)[C@H](O)[C@H](C)[C@H](O)[C@H](C)[C@H](OC(C)=O)[C@H]1C. The number of fused-ring (bicyclic) bond motifs is 14. The zero-order valence-corrected chi connectivity index (χ0v) is 34.9. The third-order valence-corrected chi connectivity index (χ3v) is 11.6. The number of allylic oxidation sites excluding steroid dienone is 2. The van der Waals surface area contributed by atoms with E-state index in [4.69, 9.17) is 18.9 Å². The molecule has 9 atom stereocenters. The van der Waals surface area contributed by atoms with Gasteiger partial charge in [0.1, 0.15) is 23.4 Å². The van der Waals surface area contributed by atoms with Crippen LogP contribution in [0, 0.1) is 30.6 Å². The molecular weight excluding hydrogens is 760 g/mol. The summed E-state index contributed by atoms with van der Waals surface area (Å²) >= 11 is 0. The molecule has 14 nitrogen and oxygen atoms in total. The smallest absolute Gasteiger partial charge is 0.312 e. The van der Waals surface area contributed by atoms with Gasteiger partial charge in [0.05, 0.1) is 41.2 Å². The predicted molar refractivity (Wildman–Crippen MR) is 221 cm³/mol. The van der Waals surface area contributed by atoms with Crippen molar-refractivity contribution in [1.82, 2.24) is 5.32 Å². The standard InChI is InChI=1S/C45H56N2O12/c1-22-14-13-15-23(2)44(55)47-35-30(21-46-20-29-16-11-10-12-17-29)39(52)32-33(40(35)53)38(51)27(6)42-34(32)43(54)45(8,59-42)57-19-18-31(56-9)24(3)41(58-28(7)48)26(5)37(50)25(4)36(22)49/h10-19,22,24-26,31,36-37,41,46,49-53H,20-21H2,1-9H3,(H,47,55)/t22-,24-,25-,26-,31+,36-,37-,41+,45-/m0/s1. The Balaban J connectivity index is 1.68. The molecule has 0 aliphatic carbocycles. The molecule has 0 saturated heterocycles. The number of aliphatic hydroxyl groups excluding tert-OH is 2. The molecule has 0 saturated carbocycles. The number of esters is 1. The summed E-state index contributed by atoms with van der Waals surface area (Å²) in [6.07, 6.45) is 3.61. The second-order valence-electron chi connectivity index (χ2n) is 15.8. The van der Waals surface area contributed by atoms with Crippen LogP contribution in [0.15, 0.2) is 66.5 Å². The molecule has 5 bridgehead atoms. The third-order valence-electron chi connectivity index (χ3n) is 11.6. The average Bonchev–Trinajstić information content (AvgIpc) is 3.47. The number of ether oxygens (including phenoxy) is 4. The van der Waals surface area contributed by atoms with Crippen LogP contribution in [0.5, 0.6) is 23.0 Å². The van der Waals surface area contributed by atoms with Crippen LogP contribution in [0.2, 0.25) is 0 Å². The van der Waals surface area contributed by atoms with Crippen LogP contribution in [-0.2, 0) is 36.9 Å². The van der Waals surface area contributed by atoms with Crippen molar-refractivity contribution in [3.05, 3.63) is 88.7 Å². The summed E-state index contributed by atoms with van der Waals surface area (Å²) in [4.78, 5) is 40.5. The van der Waals surface area contributed by atoms with Gasteiger partial charge in [-0.05, 0) is 25.5 Å². The van der Waals surface area contributed by atoms with E-state index in [0.717, 1.165) is 5.56 Å². The van der Waals surface area contributed by atoms with Crippen molar-refractivity contribution in [2.75, 3.05) is 12.4 Å². The number of Topliss-reactive ketones (excluding diaryl/α,β-unsaturated/α-hetero) is 1. The zero-order chi connectivity index (χ0) is 43.5. The first-order valence-corrected chi connectivity index (χ1v) is 19.7. The highest BCUT2D eigenvalue weighted by atomic mass is 16.7. The second-order valence-corrected chi connectivity index (χ2v) is 15.8. The Kier molecular flexibility index (Phi) is 13.8. The molecule has 3 aliphatic heterocycles. The number of benzene rings is 3. The number of hydrogen-bond donors (Lipinski definition) is 7. The molecule has 59 heavy (non-hydrogen) atoms. The van der Waals surface area contributed by atoms with Crippen LogP contribution in [0.3, 0.4) is 0 Å². The van der Waals surface area contributed by atoms with Gasteiger partial charge in [-0.1, -0.05) is 76.3 Å². The van der Waals surface area contributed by atoms with E-state index < -0.39 is 88.8 Å². The summed E-state index contributed by atoms with van der Waals surface area (Å²) < 4.78 is 23.6. The highest BCUT2D eigenvalue weighted by Crippen LogP contribution is 2.55. The summed E-state index contributed by atoms with van der Waals surface area (Å²) in [7, 11) is 1.44. The molecular formula is C45H56N2O12. The van der Waals surface area contributed by atoms with Crippen molar-refractivity contribution >= 4 is 34.1 Å². The fourth-order valence-corrected chi connectivity index (χ4v) is 7.89. The molecule has 0 unspecified atom stereocenters. The minimum Gasteiger partial charge on any atom is -0.507 e. The molecule has 3 aromatic carbocycles. The minimum atomic E-state index is -2.03.